The summed E-state index contributed by atoms with van der Waals surface area (Å²) in [6, 6.07) is 14.4. The summed E-state index contributed by atoms with van der Waals surface area (Å²) >= 11 is 13.5. The molecule has 0 saturated carbocycles. The number of carbonyl (C=O) groups is 2. The zero-order valence-corrected chi connectivity index (χ0v) is 19.9. The Kier molecular flexibility index (Phi) is 10.0. The van der Waals surface area contributed by atoms with Gasteiger partial charge in [-0.05, 0) is 62.2 Å². The van der Waals surface area contributed by atoms with E-state index in [1.807, 2.05) is 50.2 Å². The van der Waals surface area contributed by atoms with E-state index in [-0.39, 0.29) is 17.9 Å². The van der Waals surface area contributed by atoms with Crippen molar-refractivity contribution >= 4 is 46.8 Å². The Morgan fingerprint density at radius 2 is 1.57 bits per heavy atom. The Hall–Kier alpha value is -1.69. The summed E-state index contributed by atoms with van der Waals surface area (Å²) in [5, 5.41) is 4.30. The van der Waals surface area contributed by atoms with Crippen LogP contribution in [0.2, 0.25) is 10.0 Å². The number of benzene rings is 2. The molecule has 0 spiro atoms. The molecule has 162 valence electrons. The zero-order chi connectivity index (χ0) is 22.1. The smallest absolute Gasteiger partial charge is 0.242 e. The largest absolute Gasteiger partial charge is 0.352 e. The van der Waals surface area contributed by atoms with Crippen molar-refractivity contribution < 1.29 is 9.59 Å². The van der Waals surface area contributed by atoms with Gasteiger partial charge in [0.1, 0.15) is 6.04 Å². The lowest BCUT2D eigenvalue weighted by molar-refractivity contribution is -0.140. The molecule has 2 amide bonds. The average Bonchev–Trinajstić information content (AvgIpc) is 2.74. The maximum atomic E-state index is 13.0. The van der Waals surface area contributed by atoms with Crippen molar-refractivity contribution in [3.63, 3.8) is 0 Å². The van der Waals surface area contributed by atoms with Crippen molar-refractivity contribution in [1.29, 1.82) is 0 Å². The van der Waals surface area contributed by atoms with Gasteiger partial charge in [0.05, 0.1) is 0 Å². The second kappa shape index (κ2) is 12.2. The second-order valence-corrected chi connectivity index (χ2v) is 9.24. The summed E-state index contributed by atoms with van der Waals surface area (Å²) in [5.41, 5.74) is 0.932. The Balaban J connectivity index is 2.06. The van der Waals surface area contributed by atoms with Crippen LogP contribution in [-0.4, -0.2) is 34.6 Å². The summed E-state index contributed by atoms with van der Waals surface area (Å²) in [7, 11) is 0. The van der Waals surface area contributed by atoms with Crippen LogP contribution in [0.5, 0.6) is 0 Å². The molecule has 2 aromatic carbocycles. The van der Waals surface area contributed by atoms with Crippen LogP contribution < -0.4 is 5.32 Å². The van der Waals surface area contributed by atoms with Gasteiger partial charge in [-0.15, -0.1) is 11.8 Å². The minimum absolute atomic E-state index is 0.0572. The Morgan fingerprint density at radius 3 is 2.13 bits per heavy atom. The molecule has 0 radical (unpaired) electrons. The van der Waals surface area contributed by atoms with E-state index in [1.165, 1.54) is 0 Å². The van der Waals surface area contributed by atoms with E-state index in [0.29, 0.717) is 28.8 Å². The highest BCUT2D eigenvalue weighted by molar-refractivity contribution is 7.99. The number of nitrogens with one attached hydrogen (secondary N) is 1. The van der Waals surface area contributed by atoms with Crippen molar-refractivity contribution in [3.05, 3.63) is 64.1 Å². The van der Waals surface area contributed by atoms with Gasteiger partial charge in [-0.25, -0.2) is 0 Å². The molecule has 0 aromatic heterocycles. The normalized spacial score (nSPS) is 12.8. The molecule has 0 aliphatic carbocycles. The summed E-state index contributed by atoms with van der Waals surface area (Å²) in [5.74, 6) is 0.423. The molecule has 0 bridgehead atoms. The number of halogens is 2. The van der Waals surface area contributed by atoms with Crippen molar-refractivity contribution in [2.45, 2.75) is 57.1 Å². The van der Waals surface area contributed by atoms with Crippen LogP contribution in [-0.2, 0) is 16.1 Å². The van der Waals surface area contributed by atoms with Crippen LogP contribution in [0.4, 0.5) is 0 Å². The third-order valence-electron chi connectivity index (χ3n) is 4.83. The Bertz CT molecular complexity index is 828. The van der Waals surface area contributed by atoms with E-state index in [2.05, 4.69) is 5.32 Å². The number of hydrogen-bond acceptors (Lipinski definition) is 3. The minimum Gasteiger partial charge on any atom is -0.352 e. The molecular formula is C23H28Cl2N2O2S. The number of thioether (sulfide) groups is 1. The van der Waals surface area contributed by atoms with Crippen molar-refractivity contribution in [2.75, 3.05) is 5.75 Å². The molecule has 0 aliphatic rings. The van der Waals surface area contributed by atoms with Gasteiger partial charge in [0.15, 0.2) is 0 Å². The van der Waals surface area contributed by atoms with E-state index in [1.54, 1.807) is 35.7 Å². The van der Waals surface area contributed by atoms with Gasteiger partial charge in [-0.1, -0.05) is 42.3 Å². The van der Waals surface area contributed by atoms with Crippen LogP contribution >= 0.6 is 35.0 Å². The molecule has 7 heteroatoms. The maximum Gasteiger partial charge on any atom is 0.242 e. The van der Waals surface area contributed by atoms with Crippen LogP contribution in [0, 0.1) is 0 Å². The lowest BCUT2D eigenvalue weighted by atomic mass is 10.1. The third-order valence-corrected chi connectivity index (χ3v) is 6.35. The fourth-order valence-corrected chi connectivity index (χ4v) is 3.86. The van der Waals surface area contributed by atoms with Crippen LogP contribution in [0.1, 0.15) is 39.2 Å². The van der Waals surface area contributed by atoms with Crippen LogP contribution in [0.25, 0.3) is 0 Å². The molecule has 2 rings (SSSR count). The quantitative estimate of drug-likeness (QED) is 0.449. The predicted octanol–water partition coefficient (Wildman–Crippen LogP) is 5.81. The number of rotatable bonds is 10. The lowest BCUT2D eigenvalue weighted by Gasteiger charge is -2.29. The predicted molar refractivity (Wildman–Crippen MR) is 126 cm³/mol. The van der Waals surface area contributed by atoms with Gasteiger partial charge in [0, 0.05) is 39.7 Å². The number of amides is 2. The molecule has 0 saturated heterocycles. The molecule has 1 N–H and O–H groups in total. The highest BCUT2D eigenvalue weighted by Gasteiger charge is 2.26. The molecule has 0 heterocycles. The van der Waals surface area contributed by atoms with E-state index in [0.717, 1.165) is 16.9 Å². The summed E-state index contributed by atoms with van der Waals surface area (Å²) in [4.78, 5) is 28.4. The topological polar surface area (TPSA) is 49.4 Å². The summed E-state index contributed by atoms with van der Waals surface area (Å²) in [6.07, 6.45) is 1.17. The number of nitrogens with zero attached hydrogens (tertiary/aromatic N) is 1. The standard InChI is InChI=1S/C23H28Cl2N2O2S/c1-4-16(2)26-23(29)17(3)27(15-18-5-7-19(24)8-6-18)22(28)13-14-30-21-11-9-20(25)10-12-21/h5-12,16-17H,4,13-15H2,1-3H3,(H,26,29)/t16-,17+/m0/s1. The molecule has 2 aromatic rings. The second-order valence-electron chi connectivity index (χ2n) is 7.19. The van der Waals surface area contributed by atoms with Crippen molar-refractivity contribution in [3.8, 4) is 0 Å². The van der Waals surface area contributed by atoms with E-state index in [4.69, 9.17) is 23.2 Å². The SMILES string of the molecule is CC[C@H](C)NC(=O)[C@@H](C)N(Cc1ccc(Cl)cc1)C(=O)CCSc1ccc(Cl)cc1. The number of carbonyl (C=O) groups excluding carboxylic acids is 2. The fourth-order valence-electron chi connectivity index (χ4n) is 2.77. The van der Waals surface area contributed by atoms with Gasteiger partial charge in [0.25, 0.3) is 0 Å². The lowest BCUT2D eigenvalue weighted by Crippen LogP contribution is -2.49. The minimum atomic E-state index is -0.567. The third kappa shape index (κ3) is 7.86. The zero-order valence-electron chi connectivity index (χ0n) is 17.5. The molecule has 2 atom stereocenters. The van der Waals surface area contributed by atoms with Crippen molar-refractivity contribution in [2.24, 2.45) is 0 Å². The summed E-state index contributed by atoms with van der Waals surface area (Å²) < 4.78 is 0. The molecule has 0 fully saturated rings. The van der Waals surface area contributed by atoms with Crippen LogP contribution in [0.3, 0.4) is 0 Å². The molecule has 4 nitrogen and oxygen atoms in total. The van der Waals surface area contributed by atoms with Crippen molar-refractivity contribution in [1.82, 2.24) is 10.2 Å². The maximum absolute atomic E-state index is 13.0. The van der Waals surface area contributed by atoms with Gasteiger partial charge >= 0.3 is 0 Å². The first-order valence-electron chi connectivity index (χ1n) is 10.0. The highest BCUT2D eigenvalue weighted by atomic mass is 35.5. The van der Waals surface area contributed by atoms with E-state index < -0.39 is 6.04 Å². The highest BCUT2D eigenvalue weighted by Crippen LogP contribution is 2.22. The van der Waals surface area contributed by atoms with Crippen LogP contribution in [0.15, 0.2) is 53.4 Å². The first-order valence-corrected chi connectivity index (χ1v) is 11.8. The van der Waals surface area contributed by atoms with E-state index in [9.17, 15) is 9.59 Å². The molecule has 0 unspecified atom stereocenters. The van der Waals surface area contributed by atoms with Gasteiger partial charge in [-0.3, -0.25) is 9.59 Å². The van der Waals surface area contributed by atoms with Gasteiger partial charge in [-0.2, -0.15) is 0 Å². The molecular weight excluding hydrogens is 439 g/mol. The molecule has 0 aliphatic heterocycles. The molecule has 30 heavy (non-hydrogen) atoms. The number of hydrogen-bond donors (Lipinski definition) is 1. The monoisotopic (exact) mass is 466 g/mol. The Morgan fingerprint density at radius 1 is 1.00 bits per heavy atom. The van der Waals surface area contributed by atoms with Gasteiger partial charge in [0.2, 0.25) is 11.8 Å². The van der Waals surface area contributed by atoms with Gasteiger partial charge < -0.3 is 10.2 Å². The summed E-state index contributed by atoms with van der Waals surface area (Å²) in [6.45, 7) is 6.10. The first-order chi connectivity index (χ1) is 14.3. The fraction of sp³-hybridized carbons (Fsp3) is 0.391. The first kappa shape index (κ1) is 24.6. The van der Waals surface area contributed by atoms with E-state index >= 15 is 0 Å². The average molecular weight is 467 g/mol. The Labute approximate surface area is 193 Å².